The molecule has 3 rings (SSSR count). The van der Waals surface area contributed by atoms with Crippen molar-refractivity contribution in [1.82, 2.24) is 0 Å². The Hall–Kier alpha value is -2.00. The van der Waals surface area contributed by atoms with E-state index in [0.717, 1.165) is 18.4 Å². The standard InChI is InChI=1S/C17H16ClNO2/c18-14-6-7-15(16(19)9-14)17(20)21-10-11-4-5-12-2-1-3-13(12)8-11/h4-9H,1-3,10,19H2. The molecule has 0 amide bonds. The van der Waals surface area contributed by atoms with Crippen LogP contribution in [0.5, 0.6) is 0 Å². The van der Waals surface area contributed by atoms with Gasteiger partial charge in [-0.15, -0.1) is 0 Å². The van der Waals surface area contributed by atoms with Crippen molar-refractivity contribution in [3.63, 3.8) is 0 Å². The average Bonchev–Trinajstić information content (AvgIpc) is 2.92. The van der Waals surface area contributed by atoms with E-state index in [4.69, 9.17) is 22.1 Å². The van der Waals surface area contributed by atoms with E-state index in [1.54, 1.807) is 18.2 Å². The smallest absolute Gasteiger partial charge is 0.340 e. The molecule has 2 aromatic rings. The summed E-state index contributed by atoms with van der Waals surface area (Å²) < 4.78 is 5.33. The van der Waals surface area contributed by atoms with Gasteiger partial charge < -0.3 is 10.5 Å². The highest BCUT2D eigenvalue weighted by Gasteiger charge is 2.14. The Morgan fingerprint density at radius 2 is 1.95 bits per heavy atom. The lowest BCUT2D eigenvalue weighted by Crippen LogP contribution is -2.08. The van der Waals surface area contributed by atoms with Gasteiger partial charge in [0.2, 0.25) is 0 Å². The Kier molecular flexibility index (Phi) is 3.84. The number of carbonyl (C=O) groups excluding carboxylic acids is 1. The van der Waals surface area contributed by atoms with Crippen LogP contribution in [0.4, 0.5) is 5.69 Å². The highest BCUT2D eigenvalue weighted by molar-refractivity contribution is 6.31. The van der Waals surface area contributed by atoms with E-state index in [0.29, 0.717) is 16.3 Å². The quantitative estimate of drug-likeness (QED) is 0.693. The highest BCUT2D eigenvalue weighted by atomic mass is 35.5. The number of nitrogen functional groups attached to an aromatic ring is 1. The number of aryl methyl sites for hydroxylation is 2. The number of anilines is 1. The van der Waals surface area contributed by atoms with Crippen molar-refractivity contribution in [2.45, 2.75) is 25.9 Å². The average molecular weight is 302 g/mol. The number of carbonyl (C=O) groups is 1. The van der Waals surface area contributed by atoms with E-state index in [1.165, 1.54) is 17.5 Å². The molecule has 3 nitrogen and oxygen atoms in total. The molecule has 0 spiro atoms. The topological polar surface area (TPSA) is 52.3 Å². The zero-order valence-electron chi connectivity index (χ0n) is 11.6. The molecule has 0 heterocycles. The van der Waals surface area contributed by atoms with E-state index in [9.17, 15) is 4.79 Å². The Morgan fingerprint density at radius 3 is 2.76 bits per heavy atom. The molecule has 2 aromatic carbocycles. The minimum Gasteiger partial charge on any atom is -0.457 e. The van der Waals surface area contributed by atoms with Crippen LogP contribution in [0.3, 0.4) is 0 Å². The monoisotopic (exact) mass is 301 g/mol. The molecule has 1 aliphatic rings. The SMILES string of the molecule is Nc1cc(Cl)ccc1C(=O)OCc1ccc2c(c1)CCC2. The largest absolute Gasteiger partial charge is 0.457 e. The summed E-state index contributed by atoms with van der Waals surface area (Å²) in [5.41, 5.74) is 10.3. The van der Waals surface area contributed by atoms with Crippen molar-refractivity contribution >= 4 is 23.3 Å². The predicted octanol–water partition coefficient (Wildman–Crippen LogP) is 3.77. The fourth-order valence-electron chi connectivity index (χ4n) is 2.66. The Balaban J connectivity index is 1.68. The normalized spacial score (nSPS) is 13.0. The number of ether oxygens (including phenoxy) is 1. The lowest BCUT2D eigenvalue weighted by Gasteiger charge is -2.08. The first-order valence-electron chi connectivity index (χ1n) is 6.96. The van der Waals surface area contributed by atoms with Crippen LogP contribution >= 0.6 is 11.6 Å². The molecule has 0 unspecified atom stereocenters. The number of hydrogen-bond acceptors (Lipinski definition) is 3. The molecule has 0 aromatic heterocycles. The van der Waals surface area contributed by atoms with E-state index >= 15 is 0 Å². The maximum Gasteiger partial charge on any atom is 0.340 e. The van der Waals surface area contributed by atoms with Gasteiger partial charge in [-0.2, -0.15) is 0 Å². The van der Waals surface area contributed by atoms with Gasteiger partial charge in [-0.3, -0.25) is 0 Å². The first kappa shape index (κ1) is 14.0. The van der Waals surface area contributed by atoms with Gasteiger partial charge in [0.25, 0.3) is 0 Å². The molecule has 0 saturated carbocycles. The summed E-state index contributed by atoms with van der Waals surface area (Å²) in [7, 11) is 0. The van der Waals surface area contributed by atoms with Gasteiger partial charge in [0.05, 0.1) is 5.56 Å². The second-order valence-corrected chi connectivity index (χ2v) is 5.70. The third-order valence-corrected chi connectivity index (χ3v) is 4.00. The van der Waals surface area contributed by atoms with Gasteiger partial charge >= 0.3 is 5.97 Å². The number of fused-ring (bicyclic) bond motifs is 1. The van der Waals surface area contributed by atoms with Crippen molar-refractivity contribution < 1.29 is 9.53 Å². The first-order chi connectivity index (χ1) is 10.1. The van der Waals surface area contributed by atoms with Gasteiger partial charge in [-0.1, -0.05) is 29.8 Å². The third kappa shape index (κ3) is 3.03. The lowest BCUT2D eigenvalue weighted by molar-refractivity contribution is 0.0474. The van der Waals surface area contributed by atoms with E-state index < -0.39 is 5.97 Å². The van der Waals surface area contributed by atoms with Gasteiger partial charge in [0.15, 0.2) is 0 Å². The molecule has 108 valence electrons. The van der Waals surface area contributed by atoms with Crippen molar-refractivity contribution in [2.75, 3.05) is 5.73 Å². The maximum absolute atomic E-state index is 12.0. The summed E-state index contributed by atoms with van der Waals surface area (Å²) in [5.74, 6) is -0.426. The minimum absolute atomic E-state index is 0.258. The number of hydrogen-bond donors (Lipinski definition) is 1. The molecule has 0 aliphatic heterocycles. The van der Waals surface area contributed by atoms with Crippen LogP contribution in [0.2, 0.25) is 5.02 Å². The third-order valence-electron chi connectivity index (χ3n) is 3.77. The van der Waals surface area contributed by atoms with E-state index in [-0.39, 0.29) is 6.61 Å². The molecule has 2 N–H and O–H groups in total. The maximum atomic E-state index is 12.0. The number of esters is 1. The fraction of sp³-hybridized carbons (Fsp3) is 0.235. The van der Waals surface area contributed by atoms with Crippen LogP contribution in [0.15, 0.2) is 36.4 Å². The van der Waals surface area contributed by atoms with Crippen LogP contribution in [0, 0.1) is 0 Å². The summed E-state index contributed by atoms with van der Waals surface area (Å²) >= 11 is 5.82. The molecular weight excluding hydrogens is 286 g/mol. The molecule has 1 aliphatic carbocycles. The Bertz CT molecular complexity index is 697. The second kappa shape index (κ2) is 5.78. The van der Waals surface area contributed by atoms with E-state index in [1.807, 2.05) is 6.07 Å². The molecule has 0 radical (unpaired) electrons. The Labute approximate surface area is 128 Å². The summed E-state index contributed by atoms with van der Waals surface area (Å²) in [6, 6.07) is 11.0. The zero-order chi connectivity index (χ0) is 14.8. The van der Waals surface area contributed by atoms with Crippen LogP contribution in [0.1, 0.15) is 33.5 Å². The van der Waals surface area contributed by atoms with Crippen molar-refractivity contribution in [1.29, 1.82) is 0 Å². The summed E-state index contributed by atoms with van der Waals surface area (Å²) in [5, 5.41) is 0.502. The molecule has 0 atom stereocenters. The number of benzene rings is 2. The van der Waals surface area contributed by atoms with Crippen molar-refractivity contribution in [3.05, 3.63) is 63.7 Å². The highest BCUT2D eigenvalue weighted by Crippen LogP contribution is 2.24. The molecule has 21 heavy (non-hydrogen) atoms. The van der Waals surface area contributed by atoms with E-state index in [2.05, 4.69) is 12.1 Å². The molecular formula is C17H16ClNO2. The van der Waals surface area contributed by atoms with Crippen molar-refractivity contribution in [3.8, 4) is 0 Å². The molecule has 0 bridgehead atoms. The summed E-state index contributed by atoms with van der Waals surface area (Å²) in [6.45, 7) is 0.258. The zero-order valence-corrected chi connectivity index (χ0v) is 12.3. The molecule has 0 saturated heterocycles. The predicted molar refractivity (Wildman–Crippen MR) is 83.5 cm³/mol. The van der Waals surface area contributed by atoms with Gasteiger partial charge in [-0.05, 0) is 54.2 Å². The van der Waals surface area contributed by atoms with Crippen LogP contribution in [0.25, 0.3) is 0 Å². The van der Waals surface area contributed by atoms with Crippen LogP contribution < -0.4 is 5.73 Å². The van der Waals surface area contributed by atoms with Gasteiger partial charge in [0.1, 0.15) is 6.61 Å². The van der Waals surface area contributed by atoms with Crippen LogP contribution in [-0.4, -0.2) is 5.97 Å². The van der Waals surface area contributed by atoms with Gasteiger partial charge in [-0.25, -0.2) is 4.79 Å². The summed E-state index contributed by atoms with van der Waals surface area (Å²) in [4.78, 5) is 12.0. The lowest BCUT2D eigenvalue weighted by atomic mass is 10.1. The fourth-order valence-corrected chi connectivity index (χ4v) is 2.84. The minimum atomic E-state index is -0.426. The first-order valence-corrected chi connectivity index (χ1v) is 7.34. The number of nitrogens with two attached hydrogens (primary N) is 1. The molecule has 0 fully saturated rings. The van der Waals surface area contributed by atoms with Crippen molar-refractivity contribution in [2.24, 2.45) is 0 Å². The number of halogens is 1. The van der Waals surface area contributed by atoms with Crippen LogP contribution in [-0.2, 0) is 24.2 Å². The second-order valence-electron chi connectivity index (χ2n) is 5.26. The van der Waals surface area contributed by atoms with Gasteiger partial charge in [0, 0.05) is 10.7 Å². The Morgan fingerprint density at radius 1 is 1.14 bits per heavy atom. The number of rotatable bonds is 3. The summed E-state index contributed by atoms with van der Waals surface area (Å²) in [6.07, 6.45) is 3.47. The molecule has 4 heteroatoms.